The number of rotatable bonds is 6. The number of nitrogens with zero attached hydrogens (tertiary/aromatic N) is 4. The van der Waals surface area contributed by atoms with Gasteiger partial charge in [-0.15, -0.1) is 0 Å². The van der Waals surface area contributed by atoms with E-state index in [-0.39, 0.29) is 24.8 Å². The highest BCUT2D eigenvalue weighted by Crippen LogP contribution is 2.27. The Labute approximate surface area is 155 Å². The van der Waals surface area contributed by atoms with Gasteiger partial charge in [0.15, 0.2) is 0 Å². The second kappa shape index (κ2) is 8.06. The Morgan fingerprint density at radius 3 is 2.81 bits per heavy atom. The molecule has 3 rings (SSSR count). The quantitative estimate of drug-likeness (QED) is 0.684. The highest BCUT2D eigenvalue weighted by Gasteiger charge is 2.14. The summed E-state index contributed by atoms with van der Waals surface area (Å²) in [6.07, 6.45) is 6.15. The maximum Gasteiger partial charge on any atom is 0.243 e. The molecule has 0 bridgehead atoms. The van der Waals surface area contributed by atoms with Gasteiger partial charge in [0.25, 0.3) is 0 Å². The Morgan fingerprint density at radius 1 is 1.33 bits per heavy atom. The van der Waals surface area contributed by atoms with E-state index in [1.165, 1.54) is 18.2 Å². The van der Waals surface area contributed by atoms with E-state index in [0.717, 1.165) is 16.7 Å². The SMILES string of the molecule is C=CC(=O)NCc1cnc(-c2ccc(F)cc2)cc1-c1nccn1CC#N. The summed E-state index contributed by atoms with van der Waals surface area (Å²) < 4.78 is 14.9. The van der Waals surface area contributed by atoms with E-state index in [0.29, 0.717) is 11.5 Å². The molecule has 0 aliphatic heterocycles. The van der Waals surface area contributed by atoms with E-state index in [1.807, 2.05) is 6.07 Å². The maximum absolute atomic E-state index is 13.2. The number of amides is 1. The van der Waals surface area contributed by atoms with Crippen LogP contribution in [0.25, 0.3) is 22.6 Å². The minimum Gasteiger partial charge on any atom is -0.348 e. The molecule has 27 heavy (non-hydrogen) atoms. The van der Waals surface area contributed by atoms with Crippen LogP contribution in [0.1, 0.15) is 5.56 Å². The summed E-state index contributed by atoms with van der Waals surface area (Å²) in [5.41, 5.74) is 2.85. The molecule has 3 aromatic rings. The molecule has 6 nitrogen and oxygen atoms in total. The first-order valence-corrected chi connectivity index (χ1v) is 8.16. The van der Waals surface area contributed by atoms with Crippen LogP contribution in [0.5, 0.6) is 0 Å². The predicted molar refractivity (Wildman–Crippen MR) is 98.5 cm³/mol. The number of hydrogen-bond acceptors (Lipinski definition) is 4. The summed E-state index contributed by atoms with van der Waals surface area (Å²) in [6.45, 7) is 3.81. The third-order valence-corrected chi connectivity index (χ3v) is 3.96. The molecule has 0 aliphatic rings. The number of benzene rings is 1. The first-order valence-electron chi connectivity index (χ1n) is 8.16. The lowest BCUT2D eigenvalue weighted by atomic mass is 10.0. The molecule has 0 spiro atoms. The second-order valence-electron chi connectivity index (χ2n) is 5.69. The Balaban J connectivity index is 2.07. The zero-order valence-corrected chi connectivity index (χ0v) is 14.4. The van der Waals surface area contributed by atoms with Crippen LogP contribution in [0.2, 0.25) is 0 Å². The van der Waals surface area contributed by atoms with Crippen molar-refractivity contribution in [1.29, 1.82) is 5.26 Å². The molecule has 2 heterocycles. The lowest BCUT2D eigenvalue weighted by molar-refractivity contribution is -0.116. The van der Waals surface area contributed by atoms with E-state index in [9.17, 15) is 9.18 Å². The fraction of sp³-hybridized carbons (Fsp3) is 0.100. The molecule has 134 valence electrons. The third kappa shape index (κ3) is 4.07. The normalized spacial score (nSPS) is 10.2. The molecule has 7 heteroatoms. The smallest absolute Gasteiger partial charge is 0.243 e. The van der Waals surface area contributed by atoms with Gasteiger partial charge >= 0.3 is 0 Å². The molecule has 0 atom stereocenters. The van der Waals surface area contributed by atoms with Crippen LogP contribution in [0.4, 0.5) is 4.39 Å². The lowest BCUT2D eigenvalue weighted by Gasteiger charge is -2.12. The maximum atomic E-state index is 13.2. The van der Waals surface area contributed by atoms with Crippen molar-refractivity contribution >= 4 is 5.91 Å². The molecule has 0 fully saturated rings. The number of carbonyl (C=O) groups excluding carboxylic acids is 1. The van der Waals surface area contributed by atoms with Crippen LogP contribution in [0.3, 0.4) is 0 Å². The van der Waals surface area contributed by atoms with Gasteiger partial charge in [0.2, 0.25) is 5.91 Å². The summed E-state index contributed by atoms with van der Waals surface area (Å²) in [4.78, 5) is 20.3. The number of pyridine rings is 1. The molecule has 0 unspecified atom stereocenters. The minimum atomic E-state index is -0.327. The minimum absolute atomic E-state index is 0.141. The van der Waals surface area contributed by atoms with Crippen molar-refractivity contribution < 1.29 is 9.18 Å². The first-order chi connectivity index (χ1) is 13.1. The van der Waals surface area contributed by atoms with Crippen LogP contribution in [0.15, 0.2) is 61.6 Å². The average Bonchev–Trinajstić information content (AvgIpc) is 3.15. The van der Waals surface area contributed by atoms with Crippen LogP contribution in [0, 0.1) is 17.1 Å². The number of halogens is 1. The molecule has 2 aromatic heterocycles. The topological polar surface area (TPSA) is 83.6 Å². The van der Waals surface area contributed by atoms with Crippen molar-refractivity contribution in [2.24, 2.45) is 0 Å². The van der Waals surface area contributed by atoms with Crippen LogP contribution in [-0.2, 0) is 17.9 Å². The standard InChI is InChI=1S/C20H16FN5O/c1-2-19(27)25-13-15-12-24-18(14-3-5-16(21)6-4-14)11-17(15)20-23-8-10-26(20)9-7-22/h2-6,8,10-12H,1,9,13H2,(H,25,27). The van der Waals surface area contributed by atoms with E-state index >= 15 is 0 Å². The molecular formula is C20H16FN5O. The number of carbonyl (C=O) groups is 1. The van der Waals surface area contributed by atoms with Crippen molar-refractivity contribution in [2.75, 3.05) is 0 Å². The Bertz CT molecular complexity index is 1020. The molecule has 0 saturated carbocycles. The van der Waals surface area contributed by atoms with Gasteiger partial charge in [-0.1, -0.05) is 6.58 Å². The van der Waals surface area contributed by atoms with Crippen molar-refractivity contribution in [2.45, 2.75) is 13.1 Å². The van der Waals surface area contributed by atoms with Crippen molar-refractivity contribution in [1.82, 2.24) is 19.9 Å². The van der Waals surface area contributed by atoms with E-state index < -0.39 is 0 Å². The molecule has 0 radical (unpaired) electrons. The van der Waals surface area contributed by atoms with Crippen molar-refractivity contribution in [3.8, 4) is 28.7 Å². The summed E-state index contributed by atoms with van der Waals surface area (Å²) in [7, 11) is 0. The Hall–Kier alpha value is -3.79. The van der Waals surface area contributed by atoms with Gasteiger partial charge in [0, 0.05) is 41.8 Å². The van der Waals surface area contributed by atoms with Crippen molar-refractivity contribution in [3.63, 3.8) is 0 Å². The van der Waals surface area contributed by atoms with Crippen LogP contribution >= 0.6 is 0 Å². The Kier molecular flexibility index (Phi) is 5.38. The monoisotopic (exact) mass is 361 g/mol. The van der Waals surface area contributed by atoms with Gasteiger partial charge < -0.3 is 9.88 Å². The van der Waals surface area contributed by atoms with Gasteiger partial charge in [0.05, 0.1) is 11.8 Å². The second-order valence-corrected chi connectivity index (χ2v) is 5.69. The van der Waals surface area contributed by atoms with Crippen LogP contribution in [-0.4, -0.2) is 20.4 Å². The van der Waals surface area contributed by atoms with Gasteiger partial charge in [-0.05, 0) is 36.4 Å². The van der Waals surface area contributed by atoms with E-state index in [2.05, 4.69) is 27.9 Å². The molecule has 1 N–H and O–H groups in total. The van der Waals surface area contributed by atoms with E-state index in [1.54, 1.807) is 35.3 Å². The van der Waals surface area contributed by atoms with Gasteiger partial charge in [-0.2, -0.15) is 5.26 Å². The highest BCUT2D eigenvalue weighted by atomic mass is 19.1. The number of nitriles is 1. The number of nitrogens with one attached hydrogen (secondary N) is 1. The van der Waals surface area contributed by atoms with Gasteiger partial charge in [-0.25, -0.2) is 9.37 Å². The zero-order valence-electron chi connectivity index (χ0n) is 14.4. The summed E-state index contributed by atoms with van der Waals surface area (Å²) in [6, 6.07) is 9.93. The first kappa shape index (κ1) is 18.0. The molecule has 0 saturated heterocycles. The summed E-state index contributed by atoms with van der Waals surface area (Å²) in [5.74, 6) is -0.0404. The highest BCUT2D eigenvalue weighted by molar-refractivity contribution is 5.87. The fourth-order valence-corrected chi connectivity index (χ4v) is 2.62. The largest absolute Gasteiger partial charge is 0.348 e. The average molecular weight is 361 g/mol. The zero-order chi connectivity index (χ0) is 19.2. The van der Waals surface area contributed by atoms with Gasteiger partial charge in [0.1, 0.15) is 18.2 Å². The summed E-state index contributed by atoms with van der Waals surface area (Å²) in [5, 5.41) is 11.8. The molecule has 1 aromatic carbocycles. The molecular weight excluding hydrogens is 345 g/mol. The number of aromatic nitrogens is 3. The number of imidazole rings is 1. The lowest BCUT2D eigenvalue weighted by Crippen LogP contribution is -2.20. The molecule has 0 aliphatic carbocycles. The van der Waals surface area contributed by atoms with E-state index in [4.69, 9.17) is 5.26 Å². The fourth-order valence-electron chi connectivity index (χ4n) is 2.62. The Morgan fingerprint density at radius 2 is 2.11 bits per heavy atom. The molecule has 1 amide bonds. The van der Waals surface area contributed by atoms with Gasteiger partial charge in [-0.3, -0.25) is 9.78 Å². The summed E-state index contributed by atoms with van der Waals surface area (Å²) >= 11 is 0. The third-order valence-electron chi connectivity index (χ3n) is 3.96. The predicted octanol–water partition coefficient (Wildman–Crippen LogP) is 3.08. The van der Waals surface area contributed by atoms with Crippen molar-refractivity contribution in [3.05, 3.63) is 73.0 Å². The van der Waals surface area contributed by atoms with Crippen LogP contribution < -0.4 is 5.32 Å². The number of hydrogen-bond donors (Lipinski definition) is 1.